The standard InChI is InChI=1S/C12H19F3N2O3/c1-2-8-3-5-11(6-4-8,9(18)19)17-10(20)16-7-12(13,14)15/h8H,2-7H2,1H3,(H,18,19)(H2,16,17,20). The third kappa shape index (κ3) is 4.57. The summed E-state index contributed by atoms with van der Waals surface area (Å²) in [7, 11) is 0. The van der Waals surface area contributed by atoms with Gasteiger partial charge < -0.3 is 15.7 Å². The van der Waals surface area contributed by atoms with E-state index in [-0.39, 0.29) is 12.8 Å². The van der Waals surface area contributed by atoms with Gasteiger partial charge in [0.05, 0.1) is 0 Å². The zero-order chi connectivity index (χ0) is 15.4. The summed E-state index contributed by atoms with van der Waals surface area (Å²) in [5.74, 6) is -0.795. The van der Waals surface area contributed by atoms with Crippen molar-refractivity contribution in [1.29, 1.82) is 0 Å². The third-order valence-corrected chi connectivity index (χ3v) is 3.75. The molecule has 0 unspecified atom stereocenters. The number of carbonyl (C=O) groups is 2. The summed E-state index contributed by atoms with van der Waals surface area (Å²) in [6.07, 6.45) is -1.84. The SMILES string of the molecule is CCC1CCC(NC(=O)NCC(F)(F)F)(C(=O)O)CC1. The second-order valence-corrected chi connectivity index (χ2v) is 5.16. The number of alkyl halides is 3. The Kier molecular flexibility index (Phi) is 5.24. The Bertz CT molecular complexity index is 363. The number of halogens is 3. The minimum absolute atomic E-state index is 0.236. The van der Waals surface area contributed by atoms with Crippen LogP contribution >= 0.6 is 0 Å². The van der Waals surface area contributed by atoms with Crippen LogP contribution in [0, 0.1) is 5.92 Å². The topological polar surface area (TPSA) is 78.4 Å². The highest BCUT2D eigenvalue weighted by Crippen LogP contribution is 2.34. The van der Waals surface area contributed by atoms with E-state index in [1.807, 2.05) is 6.92 Å². The first-order valence-corrected chi connectivity index (χ1v) is 6.54. The van der Waals surface area contributed by atoms with Crippen molar-refractivity contribution in [3.05, 3.63) is 0 Å². The third-order valence-electron chi connectivity index (χ3n) is 3.75. The number of carbonyl (C=O) groups excluding carboxylic acids is 1. The van der Waals surface area contributed by atoms with Crippen LogP contribution in [0.5, 0.6) is 0 Å². The van der Waals surface area contributed by atoms with Gasteiger partial charge in [-0.05, 0) is 31.6 Å². The normalized spacial score (nSPS) is 26.9. The highest BCUT2D eigenvalue weighted by atomic mass is 19.4. The summed E-state index contributed by atoms with van der Waals surface area (Å²) in [5.41, 5.74) is -1.46. The molecule has 20 heavy (non-hydrogen) atoms. The molecule has 116 valence electrons. The molecule has 0 saturated heterocycles. The number of hydrogen-bond acceptors (Lipinski definition) is 2. The Hall–Kier alpha value is -1.47. The van der Waals surface area contributed by atoms with E-state index >= 15 is 0 Å². The first-order chi connectivity index (χ1) is 9.18. The lowest BCUT2D eigenvalue weighted by Crippen LogP contribution is -2.59. The second-order valence-electron chi connectivity index (χ2n) is 5.16. The Morgan fingerprint density at radius 2 is 1.85 bits per heavy atom. The lowest BCUT2D eigenvalue weighted by molar-refractivity contribution is -0.146. The van der Waals surface area contributed by atoms with Gasteiger partial charge in [0.2, 0.25) is 0 Å². The van der Waals surface area contributed by atoms with Gasteiger partial charge in [0.15, 0.2) is 0 Å². The van der Waals surface area contributed by atoms with Gasteiger partial charge in [0, 0.05) is 0 Å². The zero-order valence-electron chi connectivity index (χ0n) is 11.2. The van der Waals surface area contributed by atoms with Gasteiger partial charge in [-0.3, -0.25) is 0 Å². The maximum atomic E-state index is 12.0. The van der Waals surface area contributed by atoms with E-state index < -0.39 is 30.3 Å². The number of aliphatic carboxylic acids is 1. The maximum absolute atomic E-state index is 12.0. The van der Waals surface area contributed by atoms with Crippen molar-refractivity contribution in [2.24, 2.45) is 5.92 Å². The molecule has 0 atom stereocenters. The molecule has 8 heteroatoms. The van der Waals surface area contributed by atoms with Crippen LogP contribution in [0.1, 0.15) is 39.0 Å². The van der Waals surface area contributed by atoms with Crippen molar-refractivity contribution in [2.45, 2.75) is 50.7 Å². The molecule has 0 aliphatic heterocycles. The van der Waals surface area contributed by atoms with Gasteiger partial charge in [0.25, 0.3) is 0 Å². The van der Waals surface area contributed by atoms with Gasteiger partial charge in [0.1, 0.15) is 12.1 Å². The average molecular weight is 296 g/mol. The molecule has 3 N–H and O–H groups in total. The molecule has 0 aromatic heterocycles. The Morgan fingerprint density at radius 3 is 2.25 bits per heavy atom. The molecule has 0 bridgehead atoms. The summed E-state index contributed by atoms with van der Waals surface area (Å²) in [6.45, 7) is 0.522. The highest BCUT2D eigenvalue weighted by Gasteiger charge is 2.43. The van der Waals surface area contributed by atoms with E-state index in [0.29, 0.717) is 18.8 Å². The van der Waals surface area contributed by atoms with E-state index in [9.17, 15) is 27.9 Å². The van der Waals surface area contributed by atoms with Crippen molar-refractivity contribution in [3.63, 3.8) is 0 Å². The van der Waals surface area contributed by atoms with Gasteiger partial charge in [-0.15, -0.1) is 0 Å². The minimum Gasteiger partial charge on any atom is -0.480 e. The number of carboxylic acids is 1. The van der Waals surface area contributed by atoms with E-state index in [1.54, 1.807) is 5.32 Å². The quantitative estimate of drug-likeness (QED) is 0.744. The van der Waals surface area contributed by atoms with E-state index in [4.69, 9.17) is 0 Å². The number of nitrogens with one attached hydrogen (secondary N) is 2. The Balaban J connectivity index is 2.60. The molecule has 1 fully saturated rings. The molecule has 0 spiro atoms. The smallest absolute Gasteiger partial charge is 0.405 e. The van der Waals surface area contributed by atoms with Crippen LogP contribution in [-0.2, 0) is 4.79 Å². The lowest BCUT2D eigenvalue weighted by Gasteiger charge is -2.37. The molecule has 2 amide bonds. The van der Waals surface area contributed by atoms with Crippen LogP contribution in [0.15, 0.2) is 0 Å². The summed E-state index contributed by atoms with van der Waals surface area (Å²) >= 11 is 0. The van der Waals surface area contributed by atoms with Crippen LogP contribution in [0.25, 0.3) is 0 Å². The van der Waals surface area contributed by atoms with Crippen LogP contribution in [0.3, 0.4) is 0 Å². The number of hydrogen-bond donors (Lipinski definition) is 3. The molecule has 1 aliphatic carbocycles. The van der Waals surface area contributed by atoms with Crippen molar-refractivity contribution in [3.8, 4) is 0 Å². The molecule has 0 heterocycles. The fourth-order valence-electron chi connectivity index (χ4n) is 2.41. The van der Waals surface area contributed by atoms with E-state index in [0.717, 1.165) is 6.42 Å². The summed E-state index contributed by atoms with van der Waals surface area (Å²) < 4.78 is 36.0. The van der Waals surface area contributed by atoms with Crippen LogP contribution < -0.4 is 10.6 Å². The van der Waals surface area contributed by atoms with E-state index in [2.05, 4.69) is 5.32 Å². The maximum Gasteiger partial charge on any atom is 0.405 e. The number of rotatable bonds is 4. The predicted molar refractivity (Wildman–Crippen MR) is 65.2 cm³/mol. The molecule has 0 radical (unpaired) electrons. The van der Waals surface area contributed by atoms with Gasteiger partial charge >= 0.3 is 18.2 Å². The van der Waals surface area contributed by atoms with Crippen LogP contribution in [0.2, 0.25) is 0 Å². The molecule has 1 saturated carbocycles. The fraction of sp³-hybridized carbons (Fsp3) is 0.833. The van der Waals surface area contributed by atoms with Gasteiger partial charge in [-0.2, -0.15) is 13.2 Å². The number of urea groups is 1. The summed E-state index contributed by atoms with van der Waals surface area (Å²) in [5, 5.41) is 13.1. The van der Waals surface area contributed by atoms with Crippen LogP contribution in [0.4, 0.5) is 18.0 Å². The summed E-state index contributed by atoms with van der Waals surface area (Å²) in [6, 6.07) is -1.10. The van der Waals surface area contributed by atoms with Crippen molar-refractivity contribution in [1.82, 2.24) is 10.6 Å². The minimum atomic E-state index is -4.52. The lowest BCUT2D eigenvalue weighted by atomic mass is 9.75. The number of carboxylic acid groups (broad SMARTS) is 1. The van der Waals surface area contributed by atoms with Crippen molar-refractivity contribution >= 4 is 12.0 Å². The molecule has 0 aromatic rings. The zero-order valence-corrected chi connectivity index (χ0v) is 11.2. The Labute approximate surface area is 114 Å². The van der Waals surface area contributed by atoms with E-state index in [1.165, 1.54) is 0 Å². The molecular formula is C12H19F3N2O3. The molecule has 0 aromatic carbocycles. The molecule has 5 nitrogen and oxygen atoms in total. The second kappa shape index (κ2) is 6.32. The van der Waals surface area contributed by atoms with Gasteiger partial charge in [-0.25, -0.2) is 9.59 Å². The molecule has 1 aliphatic rings. The highest BCUT2D eigenvalue weighted by molar-refractivity contribution is 5.86. The van der Waals surface area contributed by atoms with Crippen molar-refractivity contribution < 1.29 is 27.9 Å². The molecule has 1 rings (SSSR count). The monoisotopic (exact) mass is 296 g/mol. The van der Waals surface area contributed by atoms with Crippen molar-refractivity contribution in [2.75, 3.05) is 6.54 Å². The largest absolute Gasteiger partial charge is 0.480 e. The number of amides is 2. The first kappa shape index (κ1) is 16.6. The van der Waals surface area contributed by atoms with Crippen LogP contribution in [-0.4, -0.2) is 35.4 Å². The first-order valence-electron chi connectivity index (χ1n) is 6.54. The van der Waals surface area contributed by atoms with Gasteiger partial charge in [-0.1, -0.05) is 13.3 Å². The fourth-order valence-corrected chi connectivity index (χ4v) is 2.41. The summed E-state index contributed by atoms with van der Waals surface area (Å²) in [4.78, 5) is 22.8. The molecular weight excluding hydrogens is 277 g/mol. The Morgan fingerprint density at radius 1 is 1.30 bits per heavy atom. The average Bonchev–Trinajstić information content (AvgIpc) is 2.36. The predicted octanol–water partition coefficient (Wildman–Crippen LogP) is 2.27.